The van der Waals surface area contributed by atoms with E-state index >= 15 is 0 Å². The Kier molecular flexibility index (Phi) is 13.2. The fraction of sp³-hybridized carbons (Fsp3) is 0.625. The van der Waals surface area contributed by atoms with Crippen LogP contribution >= 0.6 is 11.6 Å². The van der Waals surface area contributed by atoms with Crippen LogP contribution in [-0.2, 0) is 0 Å². The molecule has 1 aromatic carbocycles. The van der Waals surface area contributed by atoms with Crippen molar-refractivity contribution in [1.29, 1.82) is 0 Å². The van der Waals surface area contributed by atoms with Gasteiger partial charge < -0.3 is 0 Å². The average Bonchev–Trinajstić information content (AvgIpc) is 2.35. The molecule has 1 heteroatoms. The molecule has 0 unspecified atom stereocenters. The highest BCUT2D eigenvalue weighted by molar-refractivity contribution is 6.30. The van der Waals surface area contributed by atoms with Gasteiger partial charge in [0.05, 0.1) is 0 Å². The number of unbranched alkanes of at least 4 members (excludes halogenated alkanes) is 7. The van der Waals surface area contributed by atoms with Crippen molar-refractivity contribution in [2.24, 2.45) is 0 Å². The fourth-order valence-electron chi connectivity index (χ4n) is 1.62. The van der Waals surface area contributed by atoms with E-state index in [4.69, 9.17) is 11.6 Å². The molecule has 0 aliphatic heterocycles. The van der Waals surface area contributed by atoms with E-state index in [0.717, 1.165) is 5.02 Å². The van der Waals surface area contributed by atoms with Gasteiger partial charge in [0.1, 0.15) is 0 Å². The summed E-state index contributed by atoms with van der Waals surface area (Å²) < 4.78 is 0. The van der Waals surface area contributed by atoms with E-state index in [9.17, 15) is 0 Å². The van der Waals surface area contributed by atoms with Gasteiger partial charge in [-0.05, 0) is 12.1 Å². The number of hydrogen-bond acceptors (Lipinski definition) is 0. The summed E-state index contributed by atoms with van der Waals surface area (Å²) in [7, 11) is 0. The van der Waals surface area contributed by atoms with Crippen LogP contribution in [0.15, 0.2) is 30.3 Å². The van der Waals surface area contributed by atoms with Crippen molar-refractivity contribution in [1.82, 2.24) is 0 Å². The zero-order valence-corrected chi connectivity index (χ0v) is 12.2. The molecule has 0 spiro atoms. The molecule has 0 aromatic heterocycles. The van der Waals surface area contributed by atoms with Crippen molar-refractivity contribution in [3.05, 3.63) is 35.4 Å². The molecular weight excluding hydrogens is 228 g/mol. The highest BCUT2D eigenvalue weighted by Gasteiger charge is 1.87. The number of halogens is 1. The van der Waals surface area contributed by atoms with E-state index in [0.29, 0.717) is 0 Å². The van der Waals surface area contributed by atoms with E-state index < -0.39 is 0 Å². The maximum absolute atomic E-state index is 5.54. The van der Waals surface area contributed by atoms with Gasteiger partial charge >= 0.3 is 0 Å². The van der Waals surface area contributed by atoms with Crippen molar-refractivity contribution in [3.8, 4) is 0 Å². The topological polar surface area (TPSA) is 0 Å². The predicted molar refractivity (Wildman–Crippen MR) is 79.7 cm³/mol. The van der Waals surface area contributed by atoms with E-state index in [1.807, 2.05) is 30.3 Å². The molecule has 0 N–H and O–H groups in total. The molecule has 0 amide bonds. The van der Waals surface area contributed by atoms with Crippen LogP contribution < -0.4 is 0 Å². The predicted octanol–water partition coefficient (Wildman–Crippen LogP) is 6.49. The maximum atomic E-state index is 5.54. The number of rotatable bonds is 7. The Morgan fingerprint density at radius 1 is 0.706 bits per heavy atom. The Morgan fingerprint density at radius 2 is 1.12 bits per heavy atom. The summed E-state index contributed by atoms with van der Waals surface area (Å²) in [4.78, 5) is 0. The minimum atomic E-state index is 0.794. The van der Waals surface area contributed by atoms with Crippen LogP contribution in [0.5, 0.6) is 0 Å². The Labute approximate surface area is 112 Å². The lowest BCUT2D eigenvalue weighted by atomic mass is 10.1. The smallest absolute Gasteiger partial charge is 0.0405 e. The number of benzene rings is 1. The van der Waals surface area contributed by atoms with E-state index in [1.54, 1.807) is 0 Å². The second-order valence-corrected chi connectivity index (χ2v) is 4.85. The van der Waals surface area contributed by atoms with E-state index in [1.165, 1.54) is 51.4 Å². The summed E-state index contributed by atoms with van der Waals surface area (Å²) >= 11 is 5.54. The molecule has 98 valence electrons. The SMILES string of the molecule is CCCCCCCCCC.Clc1ccccc1. The molecule has 0 saturated carbocycles. The quantitative estimate of drug-likeness (QED) is 0.488. The molecule has 0 aliphatic rings. The van der Waals surface area contributed by atoms with Crippen LogP contribution in [0, 0.1) is 0 Å². The molecule has 0 aliphatic carbocycles. The molecule has 0 saturated heterocycles. The minimum Gasteiger partial charge on any atom is -0.0843 e. The zero-order chi connectivity index (χ0) is 12.8. The van der Waals surface area contributed by atoms with Gasteiger partial charge in [-0.3, -0.25) is 0 Å². The summed E-state index contributed by atoms with van der Waals surface area (Å²) in [5.41, 5.74) is 0. The summed E-state index contributed by atoms with van der Waals surface area (Å²) in [6.45, 7) is 4.54. The van der Waals surface area contributed by atoms with Crippen LogP contribution in [0.2, 0.25) is 5.02 Å². The second kappa shape index (κ2) is 13.6. The minimum absolute atomic E-state index is 0.794. The van der Waals surface area contributed by atoms with Gasteiger partial charge in [-0.25, -0.2) is 0 Å². The van der Waals surface area contributed by atoms with Crippen molar-refractivity contribution in [2.45, 2.75) is 65.2 Å². The molecular formula is C16H27Cl. The first-order chi connectivity index (χ1) is 8.31. The standard InChI is InChI=1S/C10H22.C6H5Cl/c1-3-5-7-9-10-8-6-4-2;7-6-4-2-1-3-5-6/h3-10H2,1-2H3;1-5H. The lowest BCUT2D eigenvalue weighted by Crippen LogP contribution is -1.77. The molecule has 17 heavy (non-hydrogen) atoms. The largest absolute Gasteiger partial charge is 0.0843 e. The molecule has 0 fully saturated rings. The highest BCUT2D eigenvalue weighted by Crippen LogP contribution is 2.07. The average molecular weight is 255 g/mol. The van der Waals surface area contributed by atoms with Gasteiger partial charge in [0.15, 0.2) is 0 Å². The Balaban J connectivity index is 0.000000318. The maximum Gasteiger partial charge on any atom is 0.0405 e. The molecule has 0 heterocycles. The van der Waals surface area contributed by atoms with Crippen molar-refractivity contribution in [3.63, 3.8) is 0 Å². The molecule has 0 bridgehead atoms. The second-order valence-electron chi connectivity index (χ2n) is 4.42. The van der Waals surface area contributed by atoms with Gasteiger partial charge in [-0.1, -0.05) is 95.0 Å². The highest BCUT2D eigenvalue weighted by atomic mass is 35.5. The van der Waals surface area contributed by atoms with E-state index in [-0.39, 0.29) is 0 Å². The van der Waals surface area contributed by atoms with Gasteiger partial charge in [-0.15, -0.1) is 0 Å². The van der Waals surface area contributed by atoms with Gasteiger partial charge in [0.25, 0.3) is 0 Å². The van der Waals surface area contributed by atoms with Crippen LogP contribution in [0.3, 0.4) is 0 Å². The van der Waals surface area contributed by atoms with Crippen LogP contribution in [0.25, 0.3) is 0 Å². The third kappa shape index (κ3) is 13.4. The first-order valence-electron chi connectivity index (χ1n) is 7.01. The summed E-state index contributed by atoms with van der Waals surface area (Å²) in [5.74, 6) is 0. The molecule has 1 rings (SSSR count). The van der Waals surface area contributed by atoms with Crippen molar-refractivity contribution < 1.29 is 0 Å². The Bertz CT molecular complexity index is 223. The third-order valence-electron chi connectivity index (χ3n) is 2.69. The zero-order valence-electron chi connectivity index (χ0n) is 11.4. The monoisotopic (exact) mass is 254 g/mol. The van der Waals surface area contributed by atoms with Crippen LogP contribution in [0.1, 0.15) is 65.2 Å². The lowest BCUT2D eigenvalue weighted by molar-refractivity contribution is 0.585. The Morgan fingerprint density at radius 3 is 1.41 bits per heavy atom. The summed E-state index contributed by atoms with van der Waals surface area (Å²) in [5, 5.41) is 0.794. The van der Waals surface area contributed by atoms with Crippen LogP contribution in [0.4, 0.5) is 0 Å². The normalized spacial score (nSPS) is 9.59. The fourth-order valence-corrected chi connectivity index (χ4v) is 1.77. The molecule has 0 radical (unpaired) electrons. The van der Waals surface area contributed by atoms with Crippen molar-refractivity contribution in [2.75, 3.05) is 0 Å². The first-order valence-corrected chi connectivity index (χ1v) is 7.39. The summed E-state index contributed by atoms with van der Waals surface area (Å²) in [6, 6.07) is 9.44. The first kappa shape index (κ1) is 16.5. The molecule has 0 atom stereocenters. The Hall–Kier alpha value is -0.490. The van der Waals surface area contributed by atoms with Crippen LogP contribution in [-0.4, -0.2) is 0 Å². The number of hydrogen-bond donors (Lipinski definition) is 0. The van der Waals surface area contributed by atoms with Gasteiger partial charge in [0.2, 0.25) is 0 Å². The van der Waals surface area contributed by atoms with Crippen molar-refractivity contribution >= 4 is 11.6 Å². The van der Waals surface area contributed by atoms with E-state index in [2.05, 4.69) is 13.8 Å². The van der Waals surface area contributed by atoms with Gasteiger partial charge in [-0.2, -0.15) is 0 Å². The lowest BCUT2D eigenvalue weighted by Gasteiger charge is -1.97. The molecule has 1 aromatic rings. The van der Waals surface area contributed by atoms with Gasteiger partial charge in [0, 0.05) is 5.02 Å². The molecule has 0 nitrogen and oxygen atoms in total. The summed E-state index contributed by atoms with van der Waals surface area (Å²) in [6.07, 6.45) is 11.5. The third-order valence-corrected chi connectivity index (χ3v) is 2.94.